The van der Waals surface area contributed by atoms with E-state index in [1.54, 1.807) is 23.5 Å². The van der Waals surface area contributed by atoms with Crippen LogP contribution in [0.15, 0.2) is 0 Å². The largest absolute Gasteiger partial charge is 0.287 e. The first kappa shape index (κ1) is 34.1. The van der Waals surface area contributed by atoms with Gasteiger partial charge in [-0.3, -0.25) is 9.59 Å². The zero-order valence-electron chi connectivity index (χ0n) is 23.8. The molecule has 36 heavy (non-hydrogen) atoms. The third-order valence-electron chi connectivity index (χ3n) is 7.58. The van der Waals surface area contributed by atoms with Crippen LogP contribution < -0.4 is 0 Å². The number of rotatable bonds is 0. The molecule has 0 amide bonds. The highest BCUT2D eigenvalue weighted by molar-refractivity contribution is 8.13. The molecule has 0 atom stereocenters. The fourth-order valence-corrected chi connectivity index (χ4v) is 6.88. The third kappa shape index (κ3) is 25.7. The molecule has 1 saturated heterocycles. The van der Waals surface area contributed by atoms with Crippen molar-refractivity contribution < 1.29 is 9.59 Å². The molecule has 0 aromatic carbocycles. The molecule has 0 aromatic heterocycles. The van der Waals surface area contributed by atoms with Gasteiger partial charge in [-0.2, -0.15) is 0 Å². The Labute approximate surface area is 234 Å². The van der Waals surface area contributed by atoms with Crippen LogP contribution in [0.2, 0.25) is 0 Å². The van der Waals surface area contributed by atoms with Gasteiger partial charge in [-0.25, -0.2) is 0 Å². The van der Waals surface area contributed by atoms with Gasteiger partial charge in [-0.1, -0.05) is 165 Å². The van der Waals surface area contributed by atoms with E-state index in [4.69, 9.17) is 0 Å². The van der Waals surface area contributed by atoms with Crippen molar-refractivity contribution in [3.63, 3.8) is 0 Å². The molecule has 0 bridgehead atoms. The number of hydrogen-bond acceptors (Lipinski definition) is 4. The Kier molecular flexibility index (Phi) is 26.6. The highest BCUT2D eigenvalue weighted by Crippen LogP contribution is 2.18. The van der Waals surface area contributed by atoms with Crippen LogP contribution in [0.25, 0.3) is 0 Å². The first-order valence-corrected chi connectivity index (χ1v) is 18.1. The van der Waals surface area contributed by atoms with Gasteiger partial charge in [0.25, 0.3) is 0 Å². The molecule has 212 valence electrons. The Morgan fingerprint density at radius 1 is 0.278 bits per heavy atom. The van der Waals surface area contributed by atoms with E-state index in [9.17, 15) is 9.59 Å². The maximum absolute atomic E-state index is 12.1. The second-order valence-corrected chi connectivity index (χ2v) is 13.4. The lowest BCUT2D eigenvalue weighted by molar-refractivity contribution is -0.111. The van der Waals surface area contributed by atoms with E-state index in [1.807, 2.05) is 0 Å². The normalized spacial score (nSPS) is 23.4. The zero-order chi connectivity index (χ0) is 25.8. The topological polar surface area (TPSA) is 34.1 Å². The molecule has 0 aliphatic carbocycles. The molecule has 0 spiro atoms. The highest BCUT2D eigenvalue weighted by atomic mass is 32.2. The van der Waals surface area contributed by atoms with Crippen molar-refractivity contribution in [2.75, 3.05) is 11.5 Å². The second kappa shape index (κ2) is 28.1. The van der Waals surface area contributed by atoms with Gasteiger partial charge in [0.15, 0.2) is 10.2 Å². The van der Waals surface area contributed by atoms with Crippen molar-refractivity contribution in [3.8, 4) is 0 Å². The van der Waals surface area contributed by atoms with Crippen LogP contribution >= 0.6 is 23.5 Å². The SMILES string of the molecule is O=C1CCCCCCCCCCCCCCCSC(=O)CCCCCCCCCCCCCCCS1. The maximum atomic E-state index is 12.1. The van der Waals surface area contributed by atoms with Gasteiger partial charge in [0, 0.05) is 24.3 Å². The standard InChI is InChI=1S/C32H60O2S2/c33-31-27-23-19-15-11-7-3-1-5-9-13-17-21-25-29-35-32(34)28-24-20-16-12-8-4-2-6-10-14-18-22-26-30-36-31/h1-30H2. The van der Waals surface area contributed by atoms with Crippen molar-refractivity contribution in [3.05, 3.63) is 0 Å². The predicted octanol–water partition coefficient (Wildman–Crippen LogP) is 11.4. The number of carbonyl (C=O) groups is 2. The lowest BCUT2D eigenvalue weighted by atomic mass is 10.0. The number of thioether (sulfide) groups is 2. The van der Waals surface area contributed by atoms with Crippen LogP contribution in [-0.2, 0) is 9.59 Å². The Hall–Kier alpha value is 0.0400. The van der Waals surface area contributed by atoms with Gasteiger partial charge in [0.1, 0.15) is 0 Å². The lowest BCUT2D eigenvalue weighted by Gasteiger charge is -2.05. The van der Waals surface area contributed by atoms with Crippen molar-refractivity contribution in [2.45, 2.75) is 180 Å². The molecule has 0 radical (unpaired) electrons. The van der Waals surface area contributed by atoms with Crippen molar-refractivity contribution >= 4 is 33.8 Å². The summed E-state index contributed by atoms with van der Waals surface area (Å²) in [5.41, 5.74) is 0. The average molecular weight is 541 g/mol. The summed E-state index contributed by atoms with van der Waals surface area (Å²) in [5, 5.41) is 0.860. The van der Waals surface area contributed by atoms with Gasteiger partial charge in [-0.05, 0) is 25.7 Å². The average Bonchev–Trinajstić information content (AvgIpc) is 2.87. The molecule has 4 heteroatoms. The van der Waals surface area contributed by atoms with Crippen LogP contribution in [0.5, 0.6) is 0 Å². The summed E-state index contributed by atoms with van der Waals surface area (Å²) in [6.07, 6.45) is 35.8. The number of carbonyl (C=O) groups excluding carboxylic acids is 2. The van der Waals surface area contributed by atoms with E-state index in [0.717, 1.165) is 37.2 Å². The molecule has 0 N–H and O–H groups in total. The summed E-state index contributed by atoms with van der Waals surface area (Å²) in [7, 11) is 0. The van der Waals surface area contributed by atoms with Crippen LogP contribution in [0.1, 0.15) is 180 Å². The van der Waals surface area contributed by atoms with E-state index < -0.39 is 0 Å². The fourth-order valence-electron chi connectivity index (χ4n) is 5.15. The predicted molar refractivity (Wildman–Crippen MR) is 164 cm³/mol. The van der Waals surface area contributed by atoms with E-state index >= 15 is 0 Å². The molecule has 1 aliphatic rings. The molecule has 2 nitrogen and oxygen atoms in total. The van der Waals surface area contributed by atoms with Crippen LogP contribution in [0, 0.1) is 0 Å². The Morgan fingerprint density at radius 2 is 0.472 bits per heavy atom. The van der Waals surface area contributed by atoms with Crippen molar-refractivity contribution in [1.82, 2.24) is 0 Å². The van der Waals surface area contributed by atoms with Gasteiger partial charge >= 0.3 is 0 Å². The van der Waals surface area contributed by atoms with E-state index in [0.29, 0.717) is 10.2 Å². The van der Waals surface area contributed by atoms with Crippen LogP contribution in [0.3, 0.4) is 0 Å². The summed E-state index contributed by atoms with van der Waals surface area (Å²) in [4.78, 5) is 24.1. The fraction of sp³-hybridized carbons (Fsp3) is 0.938. The zero-order valence-corrected chi connectivity index (χ0v) is 25.5. The van der Waals surface area contributed by atoms with E-state index in [-0.39, 0.29) is 0 Å². The first-order chi connectivity index (χ1) is 17.8. The lowest BCUT2D eigenvalue weighted by Crippen LogP contribution is -1.94. The summed E-state index contributed by atoms with van der Waals surface area (Å²) >= 11 is 3.19. The minimum Gasteiger partial charge on any atom is -0.287 e. The molecule has 0 unspecified atom stereocenters. The first-order valence-electron chi connectivity index (χ1n) is 16.1. The quantitative estimate of drug-likeness (QED) is 0.306. The van der Waals surface area contributed by atoms with Crippen LogP contribution in [-0.4, -0.2) is 21.7 Å². The molecular formula is C32H60O2S2. The molecule has 1 aliphatic heterocycles. The molecule has 0 saturated carbocycles. The minimum absolute atomic E-state index is 0.430. The smallest absolute Gasteiger partial charge is 0.188 e. The van der Waals surface area contributed by atoms with Crippen molar-refractivity contribution in [1.29, 1.82) is 0 Å². The summed E-state index contributed by atoms with van der Waals surface area (Å²) in [5.74, 6) is 2.07. The molecule has 1 fully saturated rings. The van der Waals surface area contributed by atoms with Gasteiger partial charge in [-0.15, -0.1) is 0 Å². The monoisotopic (exact) mass is 540 g/mol. The minimum atomic E-state index is 0.430. The molecule has 0 aromatic rings. The summed E-state index contributed by atoms with van der Waals surface area (Å²) < 4.78 is 0. The second-order valence-electron chi connectivity index (χ2n) is 11.1. The maximum Gasteiger partial charge on any atom is 0.188 e. The van der Waals surface area contributed by atoms with Crippen molar-refractivity contribution in [2.24, 2.45) is 0 Å². The van der Waals surface area contributed by atoms with Crippen LogP contribution in [0.4, 0.5) is 0 Å². The van der Waals surface area contributed by atoms with Gasteiger partial charge in [0.05, 0.1) is 0 Å². The Bertz CT molecular complexity index is 411. The van der Waals surface area contributed by atoms with Gasteiger partial charge < -0.3 is 0 Å². The Morgan fingerprint density at radius 3 is 0.722 bits per heavy atom. The van der Waals surface area contributed by atoms with E-state index in [2.05, 4.69) is 0 Å². The summed E-state index contributed by atoms with van der Waals surface area (Å²) in [6, 6.07) is 0. The van der Waals surface area contributed by atoms with E-state index in [1.165, 1.54) is 154 Å². The molecule has 1 rings (SSSR count). The molecule has 1 heterocycles. The third-order valence-corrected chi connectivity index (χ3v) is 9.61. The molecular weight excluding hydrogens is 480 g/mol. The summed E-state index contributed by atoms with van der Waals surface area (Å²) in [6.45, 7) is 0. The Balaban J connectivity index is 2.11. The van der Waals surface area contributed by atoms with Gasteiger partial charge in [0.2, 0.25) is 0 Å². The number of hydrogen-bond donors (Lipinski definition) is 0. The highest BCUT2D eigenvalue weighted by Gasteiger charge is 2.04.